The van der Waals surface area contributed by atoms with Gasteiger partial charge in [0, 0.05) is 5.56 Å². The van der Waals surface area contributed by atoms with Crippen LogP contribution in [0, 0.1) is 0 Å². The molecule has 0 saturated carbocycles. The topological polar surface area (TPSA) is 67.8 Å². The maximum absolute atomic E-state index is 11.7. The van der Waals surface area contributed by atoms with E-state index in [9.17, 15) is 9.90 Å². The number of rotatable bonds is 5. The third kappa shape index (κ3) is 6.04. The van der Waals surface area contributed by atoms with E-state index in [0.29, 0.717) is 12.2 Å². The zero-order valence-corrected chi connectivity index (χ0v) is 13.4. The van der Waals surface area contributed by atoms with Gasteiger partial charge in [-0.2, -0.15) is 0 Å². The van der Waals surface area contributed by atoms with Crippen molar-refractivity contribution in [2.45, 2.75) is 52.4 Å². The highest BCUT2D eigenvalue weighted by molar-refractivity contribution is 5.68. The van der Waals surface area contributed by atoms with Gasteiger partial charge in [-0.05, 0) is 46.2 Å². The van der Waals surface area contributed by atoms with E-state index in [1.165, 1.54) is 6.92 Å². The highest BCUT2D eigenvalue weighted by Gasteiger charge is 2.28. The number of carbonyl (C=O) groups excluding carboxylic acids is 1. The molecule has 0 spiro atoms. The second-order valence-corrected chi connectivity index (χ2v) is 6.07. The number of hydrogen-bond donors (Lipinski definition) is 2. The Balaban J connectivity index is 2.71. The van der Waals surface area contributed by atoms with Gasteiger partial charge in [0.25, 0.3) is 0 Å². The fraction of sp³-hybridized carbons (Fsp3) is 0.562. The van der Waals surface area contributed by atoms with Crippen molar-refractivity contribution in [3.63, 3.8) is 0 Å². The van der Waals surface area contributed by atoms with Gasteiger partial charge in [-0.25, -0.2) is 4.79 Å². The molecule has 0 bridgehead atoms. The SMILES string of the molecule is CCCOc1ccc(C(C)(O)NC(=O)OC(C)(C)C)cc1. The zero-order valence-electron chi connectivity index (χ0n) is 13.4. The Morgan fingerprint density at radius 1 is 1.19 bits per heavy atom. The van der Waals surface area contributed by atoms with Crippen molar-refractivity contribution in [1.29, 1.82) is 0 Å². The summed E-state index contributed by atoms with van der Waals surface area (Å²) in [5.74, 6) is 0.730. The average molecular weight is 295 g/mol. The highest BCUT2D eigenvalue weighted by Crippen LogP contribution is 2.21. The lowest BCUT2D eigenvalue weighted by molar-refractivity contribution is -0.00544. The van der Waals surface area contributed by atoms with Crippen molar-refractivity contribution in [3.05, 3.63) is 29.8 Å². The number of hydrogen-bond acceptors (Lipinski definition) is 4. The number of ether oxygens (including phenoxy) is 2. The lowest BCUT2D eigenvalue weighted by atomic mass is 10.1. The van der Waals surface area contributed by atoms with Crippen LogP contribution in [0.2, 0.25) is 0 Å². The number of amides is 1. The minimum absolute atomic E-state index is 0.553. The highest BCUT2D eigenvalue weighted by atomic mass is 16.6. The second kappa shape index (κ2) is 6.80. The molecule has 0 fully saturated rings. The maximum Gasteiger partial charge on any atom is 0.410 e. The fourth-order valence-corrected chi connectivity index (χ4v) is 1.67. The van der Waals surface area contributed by atoms with Crippen LogP contribution >= 0.6 is 0 Å². The van der Waals surface area contributed by atoms with Crippen molar-refractivity contribution in [2.75, 3.05) is 6.61 Å². The fourth-order valence-electron chi connectivity index (χ4n) is 1.67. The van der Waals surface area contributed by atoms with Gasteiger partial charge in [0.05, 0.1) is 6.61 Å². The molecule has 1 amide bonds. The van der Waals surface area contributed by atoms with Crippen LogP contribution < -0.4 is 10.1 Å². The van der Waals surface area contributed by atoms with E-state index in [1.54, 1.807) is 45.0 Å². The number of aliphatic hydroxyl groups is 1. The predicted octanol–water partition coefficient (Wildman–Crippen LogP) is 3.17. The van der Waals surface area contributed by atoms with Crippen LogP contribution in [0.3, 0.4) is 0 Å². The number of nitrogens with one attached hydrogen (secondary N) is 1. The van der Waals surface area contributed by atoms with E-state index in [-0.39, 0.29) is 0 Å². The van der Waals surface area contributed by atoms with Crippen molar-refractivity contribution in [3.8, 4) is 5.75 Å². The van der Waals surface area contributed by atoms with Gasteiger partial charge in [0.2, 0.25) is 0 Å². The van der Waals surface area contributed by atoms with E-state index in [1.807, 2.05) is 6.92 Å². The first-order valence-electron chi connectivity index (χ1n) is 7.11. The summed E-state index contributed by atoms with van der Waals surface area (Å²) in [6.07, 6.45) is 0.262. The molecule has 1 atom stereocenters. The van der Waals surface area contributed by atoms with Crippen LogP contribution in [0.5, 0.6) is 5.75 Å². The molecule has 21 heavy (non-hydrogen) atoms. The van der Waals surface area contributed by atoms with Gasteiger partial charge in [-0.15, -0.1) is 0 Å². The molecule has 1 unspecified atom stereocenters. The van der Waals surface area contributed by atoms with Crippen LogP contribution in [0.25, 0.3) is 0 Å². The normalized spacial score (nSPS) is 14.2. The van der Waals surface area contributed by atoms with Crippen LogP contribution in [-0.4, -0.2) is 23.4 Å². The molecule has 5 heteroatoms. The van der Waals surface area contributed by atoms with E-state index in [4.69, 9.17) is 9.47 Å². The van der Waals surface area contributed by atoms with Crippen molar-refractivity contribution in [1.82, 2.24) is 5.32 Å². The zero-order chi connectivity index (χ0) is 16.1. The Hall–Kier alpha value is -1.75. The molecule has 0 saturated heterocycles. The van der Waals surface area contributed by atoms with Gasteiger partial charge in [-0.3, -0.25) is 5.32 Å². The molecular formula is C16H25NO4. The molecule has 0 heterocycles. The Morgan fingerprint density at radius 2 is 1.76 bits per heavy atom. The summed E-state index contributed by atoms with van der Waals surface area (Å²) < 4.78 is 10.6. The molecular weight excluding hydrogens is 270 g/mol. The second-order valence-electron chi connectivity index (χ2n) is 6.07. The molecule has 1 rings (SSSR count). The number of benzene rings is 1. The molecule has 1 aromatic carbocycles. The standard InChI is InChI=1S/C16H25NO4/c1-6-11-20-13-9-7-12(8-10-13)16(5,19)17-14(18)21-15(2,3)4/h7-10,19H,6,11H2,1-5H3,(H,17,18). The lowest BCUT2D eigenvalue weighted by Crippen LogP contribution is -2.45. The first-order chi connectivity index (χ1) is 9.64. The molecule has 5 nitrogen and oxygen atoms in total. The summed E-state index contributed by atoms with van der Waals surface area (Å²) in [6, 6.07) is 6.94. The first-order valence-corrected chi connectivity index (χ1v) is 7.11. The van der Waals surface area contributed by atoms with Gasteiger partial charge >= 0.3 is 6.09 Å². The summed E-state index contributed by atoms with van der Waals surface area (Å²) in [5, 5.41) is 12.8. The summed E-state index contributed by atoms with van der Waals surface area (Å²) in [5.41, 5.74) is -1.57. The van der Waals surface area contributed by atoms with Crippen molar-refractivity contribution in [2.24, 2.45) is 0 Å². The molecule has 0 aliphatic rings. The van der Waals surface area contributed by atoms with Gasteiger partial charge in [0.15, 0.2) is 5.72 Å². The Kier molecular flexibility index (Phi) is 5.61. The monoisotopic (exact) mass is 295 g/mol. The molecule has 0 aliphatic carbocycles. The van der Waals surface area contributed by atoms with Crippen LogP contribution in [0.15, 0.2) is 24.3 Å². The number of alkyl carbamates (subject to hydrolysis) is 1. The van der Waals surface area contributed by atoms with Crippen molar-refractivity contribution >= 4 is 6.09 Å². The molecule has 1 aromatic rings. The first kappa shape index (κ1) is 17.3. The van der Waals surface area contributed by atoms with Crippen LogP contribution in [-0.2, 0) is 10.5 Å². The van der Waals surface area contributed by atoms with Crippen LogP contribution in [0.1, 0.15) is 46.6 Å². The Bertz CT molecular complexity index is 460. The minimum atomic E-state index is -1.51. The van der Waals surface area contributed by atoms with Crippen LogP contribution in [0.4, 0.5) is 4.79 Å². The largest absolute Gasteiger partial charge is 0.494 e. The van der Waals surface area contributed by atoms with Gasteiger partial charge in [0.1, 0.15) is 11.4 Å². The quantitative estimate of drug-likeness (QED) is 0.819. The third-order valence-corrected chi connectivity index (χ3v) is 2.63. The Morgan fingerprint density at radius 3 is 2.24 bits per heavy atom. The Labute approximate surface area is 126 Å². The van der Waals surface area contributed by atoms with Crippen molar-refractivity contribution < 1.29 is 19.4 Å². The van der Waals surface area contributed by atoms with E-state index in [2.05, 4.69) is 5.32 Å². The van der Waals surface area contributed by atoms with E-state index < -0.39 is 17.4 Å². The lowest BCUT2D eigenvalue weighted by Gasteiger charge is -2.28. The van der Waals surface area contributed by atoms with Gasteiger partial charge < -0.3 is 14.6 Å². The maximum atomic E-state index is 11.7. The molecule has 118 valence electrons. The van der Waals surface area contributed by atoms with Gasteiger partial charge in [-0.1, -0.05) is 19.1 Å². The van der Waals surface area contributed by atoms with E-state index in [0.717, 1.165) is 12.2 Å². The summed E-state index contributed by atoms with van der Waals surface area (Å²) in [4.78, 5) is 11.7. The van der Waals surface area contributed by atoms with E-state index >= 15 is 0 Å². The molecule has 2 N–H and O–H groups in total. The minimum Gasteiger partial charge on any atom is -0.494 e. The predicted molar refractivity (Wildman–Crippen MR) is 81.2 cm³/mol. The summed E-state index contributed by atoms with van der Waals surface area (Å²) in [7, 11) is 0. The number of carbonyl (C=O) groups is 1. The third-order valence-electron chi connectivity index (χ3n) is 2.63. The average Bonchev–Trinajstić information content (AvgIpc) is 2.33. The summed E-state index contributed by atoms with van der Waals surface area (Å²) >= 11 is 0. The molecule has 0 aromatic heterocycles. The summed E-state index contributed by atoms with van der Waals surface area (Å²) in [6.45, 7) is 9.47. The molecule has 0 radical (unpaired) electrons. The molecule has 0 aliphatic heterocycles. The smallest absolute Gasteiger partial charge is 0.410 e.